The summed E-state index contributed by atoms with van der Waals surface area (Å²) in [6, 6.07) is 14.0. The summed E-state index contributed by atoms with van der Waals surface area (Å²) in [5.74, 6) is -0.457. The van der Waals surface area contributed by atoms with E-state index in [-0.39, 0.29) is 18.0 Å². The number of pyridine rings is 1. The molecule has 9 heteroatoms. The minimum absolute atomic E-state index is 0.0603. The van der Waals surface area contributed by atoms with E-state index in [9.17, 15) is 14.0 Å². The van der Waals surface area contributed by atoms with E-state index in [4.69, 9.17) is 16.1 Å². The lowest BCUT2D eigenvalue weighted by molar-refractivity contribution is -0.116. The summed E-state index contributed by atoms with van der Waals surface area (Å²) >= 11 is 5.92. The van der Waals surface area contributed by atoms with Gasteiger partial charge in [-0.05, 0) is 74.0 Å². The van der Waals surface area contributed by atoms with Crippen molar-refractivity contribution in [3.05, 3.63) is 87.0 Å². The first-order chi connectivity index (χ1) is 15.3. The second-order valence-corrected chi connectivity index (χ2v) is 7.66. The highest BCUT2D eigenvalue weighted by Crippen LogP contribution is 2.24. The number of nitrogens with zero attached hydrogens (tertiary/aromatic N) is 3. The van der Waals surface area contributed by atoms with Crippen molar-refractivity contribution in [2.75, 3.05) is 5.32 Å². The summed E-state index contributed by atoms with van der Waals surface area (Å²) in [4.78, 5) is 30.1. The number of hydrogen-bond acceptors (Lipinski definition) is 5. The van der Waals surface area contributed by atoms with Gasteiger partial charge in [-0.1, -0.05) is 16.8 Å². The van der Waals surface area contributed by atoms with E-state index in [1.165, 1.54) is 28.8 Å². The molecule has 7 nitrogen and oxygen atoms in total. The van der Waals surface area contributed by atoms with Gasteiger partial charge in [0.2, 0.25) is 11.7 Å². The molecule has 162 valence electrons. The number of halogens is 2. The van der Waals surface area contributed by atoms with Crippen LogP contribution in [0.3, 0.4) is 0 Å². The second kappa shape index (κ2) is 8.76. The maximum absolute atomic E-state index is 13.2. The van der Waals surface area contributed by atoms with Gasteiger partial charge >= 0.3 is 0 Å². The smallest absolute Gasteiger partial charge is 0.264 e. The van der Waals surface area contributed by atoms with Crippen molar-refractivity contribution in [3.63, 3.8) is 0 Å². The van der Waals surface area contributed by atoms with Crippen molar-refractivity contribution >= 4 is 23.2 Å². The summed E-state index contributed by atoms with van der Waals surface area (Å²) in [6.45, 7) is 3.27. The average Bonchev–Trinajstić information content (AvgIpc) is 3.23. The molecule has 0 aliphatic carbocycles. The van der Waals surface area contributed by atoms with Gasteiger partial charge in [0.15, 0.2) is 0 Å². The molecule has 0 aliphatic heterocycles. The lowest BCUT2D eigenvalue weighted by atomic mass is 10.1. The van der Waals surface area contributed by atoms with E-state index in [2.05, 4.69) is 15.5 Å². The van der Waals surface area contributed by atoms with Crippen LogP contribution in [-0.4, -0.2) is 20.6 Å². The minimum atomic E-state index is -0.428. The fourth-order valence-electron chi connectivity index (χ4n) is 3.30. The van der Waals surface area contributed by atoms with E-state index >= 15 is 0 Å². The van der Waals surface area contributed by atoms with Crippen molar-refractivity contribution in [2.45, 2.75) is 20.4 Å². The van der Waals surface area contributed by atoms with Crippen LogP contribution in [0.2, 0.25) is 5.02 Å². The van der Waals surface area contributed by atoms with Gasteiger partial charge in [-0.2, -0.15) is 4.98 Å². The van der Waals surface area contributed by atoms with E-state index in [1.807, 2.05) is 0 Å². The molecule has 0 bridgehead atoms. The number of benzene rings is 2. The Bertz CT molecular complexity index is 1350. The molecule has 4 rings (SSSR count). The highest BCUT2D eigenvalue weighted by atomic mass is 35.5. The Balaban J connectivity index is 1.64. The number of rotatable bonds is 5. The summed E-state index contributed by atoms with van der Waals surface area (Å²) in [6.07, 6.45) is 0. The summed E-state index contributed by atoms with van der Waals surface area (Å²) < 4.78 is 19.8. The summed E-state index contributed by atoms with van der Waals surface area (Å²) in [7, 11) is 0. The summed E-state index contributed by atoms with van der Waals surface area (Å²) in [5.41, 5.74) is 2.16. The van der Waals surface area contributed by atoms with Gasteiger partial charge in [-0.25, -0.2) is 4.39 Å². The van der Waals surface area contributed by atoms with Crippen molar-refractivity contribution in [2.24, 2.45) is 0 Å². The van der Waals surface area contributed by atoms with Gasteiger partial charge in [0.1, 0.15) is 17.9 Å². The quantitative estimate of drug-likeness (QED) is 0.477. The molecule has 0 saturated carbocycles. The highest BCUT2D eigenvalue weighted by Gasteiger charge is 2.20. The van der Waals surface area contributed by atoms with E-state index < -0.39 is 17.3 Å². The molecule has 0 unspecified atom stereocenters. The Morgan fingerprint density at radius 2 is 1.81 bits per heavy atom. The molecule has 2 heterocycles. The maximum Gasteiger partial charge on any atom is 0.264 e. The van der Waals surface area contributed by atoms with Gasteiger partial charge in [0.25, 0.3) is 11.4 Å². The zero-order chi connectivity index (χ0) is 22.8. The molecular weight excluding hydrogens is 435 g/mol. The standard InChI is InChI=1S/C23H18ClFN4O3/c1-13-11-14(2)29(12-19(30)26-18-9-7-17(25)8-10-18)23(31)20(13)22-27-21(28-32-22)15-3-5-16(24)6-4-15/h3-11H,12H2,1-2H3,(H,26,30). The van der Waals surface area contributed by atoms with Crippen molar-refractivity contribution in [1.82, 2.24) is 14.7 Å². The van der Waals surface area contributed by atoms with Crippen LogP contribution in [0.5, 0.6) is 0 Å². The van der Waals surface area contributed by atoms with E-state index in [0.29, 0.717) is 33.4 Å². The predicted molar refractivity (Wildman–Crippen MR) is 119 cm³/mol. The van der Waals surface area contributed by atoms with Gasteiger partial charge in [0, 0.05) is 22.0 Å². The number of hydrogen-bond donors (Lipinski definition) is 1. The molecule has 1 N–H and O–H groups in total. The van der Waals surface area contributed by atoms with E-state index in [0.717, 1.165) is 0 Å². The average molecular weight is 453 g/mol. The van der Waals surface area contributed by atoms with E-state index in [1.54, 1.807) is 44.2 Å². The topological polar surface area (TPSA) is 90.0 Å². The molecule has 2 aromatic heterocycles. The predicted octanol–water partition coefficient (Wildman–Crippen LogP) is 4.61. The summed E-state index contributed by atoms with van der Waals surface area (Å²) in [5, 5.41) is 7.19. The Morgan fingerprint density at radius 1 is 1.12 bits per heavy atom. The Labute approximate surface area is 187 Å². The molecule has 32 heavy (non-hydrogen) atoms. The number of aromatic nitrogens is 3. The Kier molecular flexibility index (Phi) is 5.87. The molecule has 4 aromatic rings. The third kappa shape index (κ3) is 4.45. The van der Waals surface area contributed by atoms with Gasteiger partial charge in [-0.15, -0.1) is 0 Å². The van der Waals surface area contributed by atoms with Crippen LogP contribution in [0.1, 0.15) is 11.3 Å². The largest absolute Gasteiger partial charge is 0.333 e. The molecule has 0 saturated heterocycles. The lowest BCUT2D eigenvalue weighted by Crippen LogP contribution is -2.30. The van der Waals surface area contributed by atoms with Crippen LogP contribution in [0, 0.1) is 19.7 Å². The van der Waals surface area contributed by atoms with Crippen LogP contribution in [0.15, 0.2) is 63.9 Å². The number of aryl methyl sites for hydroxylation is 2. The molecule has 2 aromatic carbocycles. The number of carbonyl (C=O) groups is 1. The fraction of sp³-hybridized carbons (Fsp3) is 0.130. The lowest BCUT2D eigenvalue weighted by Gasteiger charge is -2.13. The molecule has 0 spiro atoms. The third-order valence-electron chi connectivity index (χ3n) is 4.88. The van der Waals surface area contributed by atoms with Crippen LogP contribution < -0.4 is 10.9 Å². The minimum Gasteiger partial charge on any atom is -0.333 e. The fourth-order valence-corrected chi connectivity index (χ4v) is 3.43. The molecule has 1 amide bonds. The molecule has 0 atom stereocenters. The zero-order valence-electron chi connectivity index (χ0n) is 17.2. The van der Waals surface area contributed by atoms with Crippen LogP contribution in [-0.2, 0) is 11.3 Å². The molecule has 0 radical (unpaired) electrons. The normalized spacial score (nSPS) is 10.9. The van der Waals surface area contributed by atoms with Crippen LogP contribution in [0.4, 0.5) is 10.1 Å². The van der Waals surface area contributed by atoms with Crippen LogP contribution in [0.25, 0.3) is 22.8 Å². The van der Waals surface area contributed by atoms with Crippen molar-refractivity contribution < 1.29 is 13.7 Å². The number of carbonyl (C=O) groups excluding carboxylic acids is 1. The van der Waals surface area contributed by atoms with Crippen LogP contribution >= 0.6 is 11.6 Å². The maximum atomic E-state index is 13.2. The first-order valence-corrected chi connectivity index (χ1v) is 10.1. The monoisotopic (exact) mass is 452 g/mol. The van der Waals surface area contributed by atoms with Crippen molar-refractivity contribution in [3.8, 4) is 22.8 Å². The Morgan fingerprint density at radius 3 is 2.50 bits per heavy atom. The SMILES string of the molecule is Cc1cc(C)n(CC(=O)Nc2ccc(F)cc2)c(=O)c1-c1nc(-c2ccc(Cl)cc2)no1. The zero-order valence-corrected chi connectivity index (χ0v) is 18.0. The molecular formula is C23H18ClFN4O3. The number of amides is 1. The molecule has 0 fully saturated rings. The van der Waals surface area contributed by atoms with Gasteiger partial charge in [0.05, 0.1) is 0 Å². The first kappa shape index (κ1) is 21.5. The van der Waals surface area contributed by atoms with Crippen molar-refractivity contribution in [1.29, 1.82) is 0 Å². The first-order valence-electron chi connectivity index (χ1n) is 9.68. The highest BCUT2D eigenvalue weighted by molar-refractivity contribution is 6.30. The number of nitrogens with one attached hydrogen (secondary N) is 1. The van der Waals surface area contributed by atoms with Gasteiger partial charge in [-0.3, -0.25) is 9.59 Å². The number of anilines is 1. The second-order valence-electron chi connectivity index (χ2n) is 7.22. The van der Waals surface area contributed by atoms with Gasteiger partial charge < -0.3 is 14.4 Å². The third-order valence-corrected chi connectivity index (χ3v) is 5.13. The molecule has 0 aliphatic rings. The Hall–Kier alpha value is -3.78.